The van der Waals surface area contributed by atoms with E-state index >= 15 is 0 Å². The maximum absolute atomic E-state index is 12.4. The van der Waals surface area contributed by atoms with Gasteiger partial charge in [-0.25, -0.2) is 8.42 Å². The summed E-state index contributed by atoms with van der Waals surface area (Å²) in [5, 5.41) is 2.69. The van der Waals surface area contributed by atoms with Crippen molar-refractivity contribution in [1.82, 2.24) is 0 Å². The molecule has 0 aliphatic carbocycles. The normalized spacial score (nSPS) is 11.0. The monoisotopic (exact) mass is 404 g/mol. The highest BCUT2D eigenvalue weighted by atomic mass is 32.2. The molecule has 2 aromatic rings. The van der Waals surface area contributed by atoms with Gasteiger partial charge < -0.3 is 10.1 Å². The van der Waals surface area contributed by atoms with E-state index in [-0.39, 0.29) is 36.0 Å². The number of carbonyl (C=O) groups is 2. The number of rotatable bonds is 8. The number of ether oxygens (including phenoxy) is 1. The van der Waals surface area contributed by atoms with E-state index < -0.39 is 10.0 Å². The number of amides is 1. The van der Waals surface area contributed by atoms with Gasteiger partial charge >= 0.3 is 0 Å². The maximum atomic E-state index is 12.4. The summed E-state index contributed by atoms with van der Waals surface area (Å²) < 4.78 is 30.2. The predicted molar refractivity (Wildman–Crippen MR) is 110 cm³/mol. The first kappa shape index (κ1) is 21.4. The molecule has 28 heavy (non-hydrogen) atoms. The Bertz CT molecular complexity index is 1000. The highest BCUT2D eigenvalue weighted by molar-refractivity contribution is 7.92. The second-order valence-electron chi connectivity index (χ2n) is 6.58. The van der Waals surface area contributed by atoms with Gasteiger partial charge in [-0.05, 0) is 37.6 Å². The lowest BCUT2D eigenvalue weighted by Gasteiger charge is -2.12. The van der Waals surface area contributed by atoms with Crippen molar-refractivity contribution in [3.8, 4) is 5.75 Å². The van der Waals surface area contributed by atoms with Gasteiger partial charge in [-0.3, -0.25) is 14.3 Å². The molecule has 150 valence electrons. The summed E-state index contributed by atoms with van der Waals surface area (Å²) in [7, 11) is -2.05. The SMILES string of the molecule is COc1cc(NC(=O)CCC(=O)c2cc(C)ccc2C)ccc1NS(C)(=O)=O. The average Bonchev–Trinajstić information content (AvgIpc) is 2.61. The first-order valence-electron chi connectivity index (χ1n) is 8.65. The summed E-state index contributed by atoms with van der Waals surface area (Å²) in [4.78, 5) is 24.6. The van der Waals surface area contributed by atoms with Crippen molar-refractivity contribution in [2.24, 2.45) is 0 Å². The topological polar surface area (TPSA) is 102 Å². The Kier molecular flexibility index (Phi) is 6.80. The smallest absolute Gasteiger partial charge is 0.229 e. The molecule has 7 nitrogen and oxygen atoms in total. The van der Waals surface area contributed by atoms with Crippen molar-refractivity contribution in [3.63, 3.8) is 0 Å². The molecule has 0 saturated heterocycles. The van der Waals surface area contributed by atoms with Gasteiger partial charge in [-0.15, -0.1) is 0 Å². The predicted octanol–water partition coefficient (Wildman–Crippen LogP) is 3.29. The van der Waals surface area contributed by atoms with Crippen LogP contribution >= 0.6 is 0 Å². The number of hydrogen-bond donors (Lipinski definition) is 2. The molecule has 1 amide bonds. The van der Waals surface area contributed by atoms with E-state index in [1.807, 2.05) is 32.0 Å². The van der Waals surface area contributed by atoms with Crippen molar-refractivity contribution in [2.75, 3.05) is 23.4 Å². The van der Waals surface area contributed by atoms with Crippen LogP contribution < -0.4 is 14.8 Å². The highest BCUT2D eigenvalue weighted by Gasteiger charge is 2.14. The van der Waals surface area contributed by atoms with E-state index in [0.29, 0.717) is 11.3 Å². The van der Waals surface area contributed by atoms with Gasteiger partial charge in [-0.2, -0.15) is 0 Å². The van der Waals surface area contributed by atoms with Crippen LogP contribution in [0.25, 0.3) is 0 Å². The molecule has 0 aliphatic rings. The molecule has 0 saturated carbocycles. The Balaban J connectivity index is 2.01. The van der Waals surface area contributed by atoms with Gasteiger partial charge in [0.15, 0.2) is 5.78 Å². The fraction of sp³-hybridized carbons (Fsp3) is 0.300. The largest absolute Gasteiger partial charge is 0.494 e. The highest BCUT2D eigenvalue weighted by Crippen LogP contribution is 2.28. The third-order valence-corrected chi connectivity index (χ3v) is 4.64. The van der Waals surface area contributed by atoms with E-state index in [1.54, 1.807) is 6.07 Å². The molecular formula is C20H24N2O5S. The molecule has 2 N–H and O–H groups in total. The van der Waals surface area contributed by atoms with Crippen LogP contribution in [-0.2, 0) is 14.8 Å². The molecule has 0 bridgehead atoms. The summed E-state index contributed by atoms with van der Waals surface area (Å²) in [6, 6.07) is 10.2. The molecule has 0 atom stereocenters. The van der Waals surface area contributed by atoms with Gasteiger partial charge in [-0.1, -0.05) is 17.7 Å². The number of hydrogen-bond acceptors (Lipinski definition) is 5. The lowest BCUT2D eigenvalue weighted by atomic mass is 9.99. The summed E-state index contributed by atoms with van der Waals surface area (Å²) in [6.45, 7) is 3.78. The molecule has 2 rings (SSSR count). The van der Waals surface area contributed by atoms with Gasteiger partial charge in [0.1, 0.15) is 5.75 Å². The number of benzene rings is 2. The van der Waals surface area contributed by atoms with Crippen LogP contribution in [-0.4, -0.2) is 33.5 Å². The standard InChI is InChI=1S/C20H24N2O5S/c1-13-5-6-14(2)16(11-13)18(23)9-10-20(24)21-15-7-8-17(19(12-15)27-3)22-28(4,25)26/h5-8,11-12,22H,9-10H2,1-4H3,(H,21,24). The summed E-state index contributed by atoms with van der Waals surface area (Å²) in [5.41, 5.74) is 3.22. The summed E-state index contributed by atoms with van der Waals surface area (Å²) >= 11 is 0. The zero-order valence-electron chi connectivity index (χ0n) is 16.3. The summed E-state index contributed by atoms with van der Waals surface area (Å²) in [6.07, 6.45) is 1.17. The molecule has 0 fully saturated rings. The quantitative estimate of drug-likeness (QED) is 0.658. The molecule has 0 radical (unpaired) electrons. The number of sulfonamides is 1. The molecule has 0 aliphatic heterocycles. The van der Waals surface area contributed by atoms with Gasteiger partial charge in [0.05, 0.1) is 19.1 Å². The van der Waals surface area contributed by atoms with E-state index in [1.165, 1.54) is 19.2 Å². The van der Waals surface area contributed by atoms with E-state index in [9.17, 15) is 18.0 Å². The van der Waals surface area contributed by atoms with Gasteiger partial charge in [0.25, 0.3) is 0 Å². The van der Waals surface area contributed by atoms with Crippen LogP contribution in [0.1, 0.15) is 34.3 Å². The fourth-order valence-electron chi connectivity index (χ4n) is 2.67. The van der Waals surface area contributed by atoms with Gasteiger partial charge in [0.2, 0.25) is 15.9 Å². The Labute approximate surface area is 165 Å². The van der Waals surface area contributed by atoms with Crippen molar-refractivity contribution in [3.05, 3.63) is 53.1 Å². The minimum atomic E-state index is -3.45. The van der Waals surface area contributed by atoms with Crippen molar-refractivity contribution in [2.45, 2.75) is 26.7 Å². The van der Waals surface area contributed by atoms with Crippen LogP contribution in [0.3, 0.4) is 0 Å². The number of anilines is 2. The molecule has 2 aromatic carbocycles. The van der Waals surface area contributed by atoms with Crippen molar-refractivity contribution < 1.29 is 22.7 Å². The molecule has 0 aromatic heterocycles. The van der Waals surface area contributed by atoms with Crippen LogP contribution in [0.2, 0.25) is 0 Å². The minimum absolute atomic E-state index is 0.0396. The molecule has 0 unspecified atom stereocenters. The Hall–Kier alpha value is -2.87. The van der Waals surface area contributed by atoms with Crippen LogP contribution in [0, 0.1) is 13.8 Å². The third kappa shape index (κ3) is 6.09. The van der Waals surface area contributed by atoms with Crippen LogP contribution in [0.5, 0.6) is 5.75 Å². The zero-order valence-corrected chi connectivity index (χ0v) is 17.1. The second-order valence-corrected chi connectivity index (χ2v) is 8.33. The van der Waals surface area contributed by atoms with Crippen molar-refractivity contribution in [1.29, 1.82) is 0 Å². The first-order valence-corrected chi connectivity index (χ1v) is 10.5. The fourth-order valence-corrected chi connectivity index (χ4v) is 3.24. The summed E-state index contributed by atoms with van der Waals surface area (Å²) in [5.74, 6) is -0.124. The first-order chi connectivity index (χ1) is 13.1. The lowest BCUT2D eigenvalue weighted by Crippen LogP contribution is -2.14. The zero-order chi connectivity index (χ0) is 20.9. The molecule has 8 heteroatoms. The van der Waals surface area contributed by atoms with E-state index in [0.717, 1.165) is 17.4 Å². The van der Waals surface area contributed by atoms with Crippen molar-refractivity contribution >= 4 is 33.1 Å². The van der Waals surface area contributed by atoms with Crippen LogP contribution in [0.4, 0.5) is 11.4 Å². The van der Waals surface area contributed by atoms with Crippen LogP contribution in [0.15, 0.2) is 36.4 Å². The molecule has 0 spiro atoms. The van der Waals surface area contributed by atoms with Gasteiger partial charge in [0, 0.05) is 30.2 Å². The number of methoxy groups -OCH3 is 1. The maximum Gasteiger partial charge on any atom is 0.229 e. The number of carbonyl (C=O) groups excluding carboxylic acids is 2. The number of aryl methyl sites for hydroxylation is 2. The Morgan fingerprint density at radius 2 is 1.75 bits per heavy atom. The van der Waals surface area contributed by atoms with E-state index in [2.05, 4.69) is 10.0 Å². The average molecular weight is 404 g/mol. The molecular weight excluding hydrogens is 380 g/mol. The lowest BCUT2D eigenvalue weighted by molar-refractivity contribution is -0.116. The number of ketones is 1. The number of Topliss-reactive ketones (excluding diaryl/α,β-unsaturated/α-hetero) is 1. The Morgan fingerprint density at radius 1 is 1.04 bits per heavy atom. The Morgan fingerprint density at radius 3 is 2.39 bits per heavy atom. The third-order valence-electron chi connectivity index (χ3n) is 4.05. The van der Waals surface area contributed by atoms with E-state index in [4.69, 9.17) is 4.74 Å². The molecule has 0 heterocycles. The minimum Gasteiger partial charge on any atom is -0.494 e. The number of nitrogens with one attached hydrogen (secondary N) is 2. The second kappa shape index (κ2) is 8.88.